The first kappa shape index (κ1) is 21.2. The topological polar surface area (TPSA) is 159 Å². The van der Waals surface area contributed by atoms with E-state index in [0.29, 0.717) is 21.7 Å². The van der Waals surface area contributed by atoms with E-state index >= 15 is 0 Å². The fourth-order valence-electron chi connectivity index (χ4n) is 3.01. The Morgan fingerprint density at radius 3 is 2.55 bits per heavy atom. The molecule has 1 saturated heterocycles. The van der Waals surface area contributed by atoms with Crippen LogP contribution >= 0.6 is 11.6 Å². The number of hydrogen-bond acceptors (Lipinski definition) is 6. The second-order valence-electron chi connectivity index (χ2n) is 6.44. The Hall–Kier alpha value is -2.54. The minimum Gasteiger partial charge on any atom is -0.506 e. The highest BCUT2D eigenvalue weighted by Crippen LogP contribution is 2.34. The number of hydrogen-bond donors (Lipinski definition) is 4. The highest BCUT2D eigenvalue weighted by atomic mass is 35.5. The van der Waals surface area contributed by atoms with Crippen molar-refractivity contribution < 1.29 is 26.7 Å². The number of aryl methyl sites for hydroxylation is 1. The molecule has 29 heavy (non-hydrogen) atoms. The Morgan fingerprint density at radius 1 is 1.31 bits per heavy atom. The number of halogens is 1. The summed E-state index contributed by atoms with van der Waals surface area (Å²) in [5.74, 6) is -1.07. The van der Waals surface area contributed by atoms with Crippen molar-refractivity contribution in [2.45, 2.75) is 13.3 Å². The molecule has 1 heterocycles. The maximum Gasteiger partial charge on any atom is 0.326 e. The molecule has 10 nitrogen and oxygen atoms in total. The number of anilines is 2. The van der Waals surface area contributed by atoms with E-state index in [2.05, 4.69) is 4.72 Å². The largest absolute Gasteiger partial charge is 0.506 e. The van der Waals surface area contributed by atoms with E-state index in [1.54, 1.807) is 25.1 Å². The highest BCUT2D eigenvalue weighted by Gasteiger charge is 2.35. The van der Waals surface area contributed by atoms with Crippen LogP contribution in [0.5, 0.6) is 5.75 Å². The van der Waals surface area contributed by atoms with Crippen molar-refractivity contribution in [2.24, 2.45) is 5.14 Å². The van der Waals surface area contributed by atoms with Crippen molar-refractivity contribution >= 4 is 49.3 Å². The van der Waals surface area contributed by atoms with Gasteiger partial charge >= 0.3 is 10.2 Å². The first-order valence-electron chi connectivity index (χ1n) is 8.10. The quantitative estimate of drug-likeness (QED) is 0.515. The van der Waals surface area contributed by atoms with Gasteiger partial charge in [0.1, 0.15) is 12.3 Å². The lowest BCUT2D eigenvalue weighted by Gasteiger charge is -2.18. The average Bonchev–Trinajstić information content (AvgIpc) is 2.82. The summed E-state index contributed by atoms with van der Waals surface area (Å²) >= 11 is 6.08. The Kier molecular flexibility index (Phi) is 5.38. The van der Waals surface area contributed by atoms with Crippen LogP contribution in [0.25, 0.3) is 0 Å². The van der Waals surface area contributed by atoms with E-state index in [1.807, 2.05) is 4.72 Å². The maximum absolute atomic E-state index is 11.9. The van der Waals surface area contributed by atoms with Crippen molar-refractivity contribution in [2.75, 3.05) is 15.6 Å². The van der Waals surface area contributed by atoms with Crippen molar-refractivity contribution in [3.8, 4) is 5.75 Å². The molecule has 0 atom stereocenters. The van der Waals surface area contributed by atoms with Gasteiger partial charge in [0, 0.05) is 5.02 Å². The number of amides is 1. The van der Waals surface area contributed by atoms with Crippen molar-refractivity contribution in [1.82, 2.24) is 4.72 Å². The predicted octanol–water partition coefficient (Wildman–Crippen LogP) is 0.741. The van der Waals surface area contributed by atoms with Gasteiger partial charge < -0.3 is 5.11 Å². The molecule has 2 aromatic carbocycles. The van der Waals surface area contributed by atoms with Crippen molar-refractivity contribution in [3.05, 3.63) is 52.0 Å². The lowest BCUT2D eigenvalue weighted by atomic mass is 10.0. The van der Waals surface area contributed by atoms with Crippen LogP contribution in [0.15, 0.2) is 30.3 Å². The number of aromatic hydroxyl groups is 1. The molecular formula is C16H17ClN4O6S2. The van der Waals surface area contributed by atoms with E-state index in [0.717, 1.165) is 4.31 Å². The minimum atomic E-state index is -4.06. The zero-order valence-corrected chi connectivity index (χ0v) is 17.4. The summed E-state index contributed by atoms with van der Waals surface area (Å²) in [5, 5.41) is 15.8. The van der Waals surface area contributed by atoms with Crippen LogP contribution < -0.4 is 18.9 Å². The number of nitrogens with zero attached hydrogens (tertiary/aromatic N) is 1. The summed E-state index contributed by atoms with van der Waals surface area (Å²) in [6.45, 7) is 1.22. The molecule has 1 fully saturated rings. The third-order valence-electron chi connectivity index (χ3n) is 4.15. The molecule has 5 N–H and O–H groups in total. The second kappa shape index (κ2) is 7.37. The van der Waals surface area contributed by atoms with E-state index in [1.165, 1.54) is 12.1 Å². The van der Waals surface area contributed by atoms with Crippen molar-refractivity contribution in [3.63, 3.8) is 0 Å². The molecule has 0 spiro atoms. The Morgan fingerprint density at radius 2 is 2.00 bits per heavy atom. The molecular weight excluding hydrogens is 444 g/mol. The zero-order chi connectivity index (χ0) is 21.6. The maximum atomic E-state index is 11.9. The molecule has 3 rings (SSSR count). The summed E-state index contributed by atoms with van der Waals surface area (Å²) in [4.78, 5) is 11.4. The third kappa shape index (κ3) is 4.72. The SMILES string of the molecule is Cc1cc(Cl)cc(Cc2ccc(N3CC(=O)NS3(=O)=O)c(O)c2)c1NS(N)(=O)=O. The van der Waals surface area contributed by atoms with Gasteiger partial charge in [0.2, 0.25) is 0 Å². The summed E-state index contributed by atoms with van der Waals surface area (Å²) in [7, 11) is -8.08. The van der Waals surface area contributed by atoms with Crippen LogP contribution in [0.1, 0.15) is 16.7 Å². The summed E-state index contributed by atoms with van der Waals surface area (Å²) < 4.78 is 51.7. The Balaban J connectivity index is 1.96. The van der Waals surface area contributed by atoms with Gasteiger partial charge in [-0.05, 0) is 54.3 Å². The van der Waals surface area contributed by atoms with Gasteiger partial charge in [-0.2, -0.15) is 16.8 Å². The lowest BCUT2D eigenvalue weighted by molar-refractivity contribution is -0.117. The highest BCUT2D eigenvalue weighted by molar-refractivity contribution is 7.92. The van der Waals surface area contributed by atoms with E-state index in [-0.39, 0.29) is 23.5 Å². The standard InChI is InChI=1S/C16H17ClN4O6S2/c1-9-4-12(17)7-11(16(9)20-28(18,24)25)5-10-2-3-13(14(22)6-10)21-8-15(23)19-29(21,26)27/h2-4,6-7,20,22H,5,8H2,1H3,(H,19,23)(H2,18,24,25). The van der Waals surface area contributed by atoms with Gasteiger partial charge in [-0.25, -0.2) is 14.2 Å². The van der Waals surface area contributed by atoms with Gasteiger partial charge in [0.15, 0.2) is 0 Å². The fraction of sp³-hybridized carbons (Fsp3) is 0.188. The molecule has 0 aliphatic carbocycles. The number of nitrogens with one attached hydrogen (secondary N) is 2. The van der Waals surface area contributed by atoms with E-state index in [4.69, 9.17) is 16.7 Å². The summed E-state index contributed by atoms with van der Waals surface area (Å²) in [6.07, 6.45) is 0.164. The molecule has 1 aliphatic rings. The van der Waals surface area contributed by atoms with Gasteiger partial charge in [0.25, 0.3) is 16.1 Å². The predicted molar refractivity (Wildman–Crippen MR) is 108 cm³/mol. The number of rotatable bonds is 5. The fourth-order valence-corrected chi connectivity index (χ4v) is 5.05. The van der Waals surface area contributed by atoms with Gasteiger partial charge in [-0.3, -0.25) is 9.52 Å². The molecule has 2 aromatic rings. The Labute approximate surface area is 172 Å². The zero-order valence-electron chi connectivity index (χ0n) is 15.0. The number of carbonyl (C=O) groups excluding carboxylic acids is 1. The normalized spacial score (nSPS) is 16.0. The molecule has 0 aromatic heterocycles. The van der Waals surface area contributed by atoms with Crippen LogP contribution in [0.3, 0.4) is 0 Å². The minimum absolute atomic E-state index is 0.0581. The van der Waals surface area contributed by atoms with Gasteiger partial charge in [-0.1, -0.05) is 17.7 Å². The van der Waals surface area contributed by atoms with Crippen LogP contribution in [0.4, 0.5) is 11.4 Å². The second-order valence-corrected chi connectivity index (χ2v) is 9.77. The van der Waals surface area contributed by atoms with E-state index < -0.39 is 32.9 Å². The third-order valence-corrected chi connectivity index (χ3v) is 6.25. The molecule has 0 radical (unpaired) electrons. The summed E-state index contributed by atoms with van der Waals surface area (Å²) in [6, 6.07) is 7.35. The number of nitrogens with two attached hydrogens (primary N) is 1. The molecule has 0 saturated carbocycles. The van der Waals surface area contributed by atoms with Gasteiger partial charge in [-0.15, -0.1) is 0 Å². The van der Waals surface area contributed by atoms with E-state index in [9.17, 15) is 26.7 Å². The lowest BCUT2D eigenvalue weighted by Crippen LogP contribution is -2.29. The van der Waals surface area contributed by atoms with Crippen LogP contribution in [0.2, 0.25) is 5.02 Å². The smallest absolute Gasteiger partial charge is 0.326 e. The van der Waals surface area contributed by atoms with Crippen LogP contribution in [0, 0.1) is 6.92 Å². The molecule has 0 bridgehead atoms. The first-order chi connectivity index (χ1) is 13.4. The van der Waals surface area contributed by atoms with Crippen LogP contribution in [-0.4, -0.2) is 34.4 Å². The average molecular weight is 461 g/mol. The van der Waals surface area contributed by atoms with Crippen molar-refractivity contribution in [1.29, 1.82) is 0 Å². The number of phenols is 1. The monoisotopic (exact) mass is 460 g/mol. The summed E-state index contributed by atoms with van der Waals surface area (Å²) in [5.41, 5.74) is 1.80. The molecule has 0 unspecified atom stereocenters. The molecule has 13 heteroatoms. The first-order valence-corrected chi connectivity index (χ1v) is 11.5. The number of benzene rings is 2. The van der Waals surface area contributed by atoms with Crippen LogP contribution in [-0.2, 0) is 31.6 Å². The molecule has 1 amide bonds. The molecule has 156 valence electrons. The number of phenolic OH excluding ortho intramolecular Hbond substituents is 1. The molecule has 1 aliphatic heterocycles. The Bertz CT molecular complexity index is 1210. The van der Waals surface area contributed by atoms with Gasteiger partial charge in [0.05, 0.1) is 11.4 Å². The number of carbonyl (C=O) groups is 1.